The molecular formula is C27H29F2N3O4. The fourth-order valence-electron chi connectivity index (χ4n) is 4.00. The summed E-state index contributed by atoms with van der Waals surface area (Å²) in [6.07, 6.45) is 5.56. The summed E-state index contributed by atoms with van der Waals surface area (Å²) in [5.74, 6) is -1.44. The molecule has 1 saturated heterocycles. The van der Waals surface area contributed by atoms with E-state index < -0.39 is 17.5 Å². The lowest BCUT2D eigenvalue weighted by Crippen LogP contribution is -2.52. The summed E-state index contributed by atoms with van der Waals surface area (Å²) < 4.78 is 40.1. The van der Waals surface area contributed by atoms with Gasteiger partial charge in [0.25, 0.3) is 5.91 Å². The van der Waals surface area contributed by atoms with Gasteiger partial charge in [0.15, 0.2) is 17.3 Å². The number of ether oxygens (including phenoxy) is 2. The van der Waals surface area contributed by atoms with Crippen LogP contribution in [0, 0.1) is 17.6 Å². The number of anilines is 1. The monoisotopic (exact) mass is 497 g/mol. The van der Waals surface area contributed by atoms with E-state index in [2.05, 4.69) is 5.32 Å². The molecule has 0 spiro atoms. The first kappa shape index (κ1) is 25.2. The van der Waals surface area contributed by atoms with Crippen molar-refractivity contribution in [2.45, 2.75) is 19.8 Å². The molecule has 0 saturated carbocycles. The molecule has 2 heterocycles. The Morgan fingerprint density at radius 2 is 2.06 bits per heavy atom. The minimum absolute atomic E-state index is 0.00383. The third-order valence-corrected chi connectivity index (χ3v) is 6.12. The zero-order valence-electron chi connectivity index (χ0n) is 20.2. The molecule has 2 aliphatic heterocycles. The van der Waals surface area contributed by atoms with E-state index in [0.29, 0.717) is 24.5 Å². The SMILES string of the molecule is C/C(N)=C/C=C\C(C)c1ccc(OCC2CN(C(=O)c3cc4c(cc3F)OCC(=O)CN4)C2)c(F)c1. The maximum absolute atomic E-state index is 14.6. The number of hydrogen-bond acceptors (Lipinski definition) is 6. The highest BCUT2D eigenvalue weighted by atomic mass is 19.1. The summed E-state index contributed by atoms with van der Waals surface area (Å²) in [6, 6.07) is 7.36. The summed E-state index contributed by atoms with van der Waals surface area (Å²) in [4.78, 5) is 25.9. The second-order valence-electron chi connectivity index (χ2n) is 9.17. The van der Waals surface area contributed by atoms with Gasteiger partial charge in [-0.2, -0.15) is 0 Å². The quantitative estimate of drug-likeness (QED) is 0.562. The Morgan fingerprint density at radius 3 is 2.78 bits per heavy atom. The smallest absolute Gasteiger partial charge is 0.256 e. The molecular weight excluding hydrogens is 468 g/mol. The predicted octanol–water partition coefficient (Wildman–Crippen LogP) is 4.01. The highest BCUT2D eigenvalue weighted by Gasteiger charge is 2.33. The Bertz CT molecular complexity index is 1220. The number of carbonyl (C=O) groups is 2. The minimum Gasteiger partial charge on any atom is -0.490 e. The third kappa shape index (κ3) is 5.84. The number of nitrogens with two attached hydrogens (primary N) is 1. The van der Waals surface area contributed by atoms with Crippen molar-refractivity contribution in [3.8, 4) is 11.5 Å². The highest BCUT2D eigenvalue weighted by molar-refractivity contribution is 5.97. The topological polar surface area (TPSA) is 93.9 Å². The van der Waals surface area contributed by atoms with E-state index in [1.54, 1.807) is 19.1 Å². The molecule has 2 aliphatic rings. The van der Waals surface area contributed by atoms with E-state index in [1.807, 2.05) is 25.1 Å². The average Bonchev–Trinajstić information content (AvgIpc) is 2.98. The Kier molecular flexibility index (Phi) is 7.57. The second-order valence-corrected chi connectivity index (χ2v) is 9.17. The van der Waals surface area contributed by atoms with E-state index in [1.165, 1.54) is 17.0 Å². The van der Waals surface area contributed by atoms with Crippen molar-refractivity contribution in [3.63, 3.8) is 0 Å². The van der Waals surface area contributed by atoms with Crippen molar-refractivity contribution >= 4 is 17.4 Å². The summed E-state index contributed by atoms with van der Waals surface area (Å²) in [5.41, 5.74) is 7.42. The first-order valence-corrected chi connectivity index (χ1v) is 11.7. The van der Waals surface area contributed by atoms with Crippen LogP contribution < -0.4 is 20.5 Å². The maximum atomic E-state index is 14.6. The van der Waals surface area contributed by atoms with Crippen molar-refractivity contribution < 1.29 is 27.8 Å². The minimum atomic E-state index is -0.713. The summed E-state index contributed by atoms with van der Waals surface area (Å²) in [5, 5.41) is 2.87. The fourth-order valence-corrected chi connectivity index (χ4v) is 4.00. The third-order valence-electron chi connectivity index (χ3n) is 6.12. The molecule has 3 N–H and O–H groups in total. The molecule has 0 bridgehead atoms. The van der Waals surface area contributed by atoms with Gasteiger partial charge < -0.3 is 25.4 Å². The van der Waals surface area contributed by atoms with Crippen molar-refractivity contribution in [3.05, 3.63) is 77.0 Å². The first-order chi connectivity index (χ1) is 17.2. The molecule has 0 aliphatic carbocycles. The van der Waals surface area contributed by atoms with E-state index in [-0.39, 0.29) is 54.4 Å². The first-order valence-electron chi connectivity index (χ1n) is 11.7. The molecule has 1 unspecified atom stereocenters. The number of nitrogens with zero attached hydrogens (tertiary/aromatic N) is 1. The number of halogens is 2. The van der Waals surface area contributed by atoms with Gasteiger partial charge in [0.1, 0.15) is 18.2 Å². The summed E-state index contributed by atoms with van der Waals surface area (Å²) in [6.45, 7) is 4.63. The molecule has 1 amide bonds. The van der Waals surface area contributed by atoms with E-state index in [4.69, 9.17) is 15.2 Å². The number of nitrogens with one attached hydrogen (secondary N) is 1. The molecule has 1 fully saturated rings. The van der Waals surface area contributed by atoms with E-state index in [0.717, 1.165) is 11.6 Å². The van der Waals surface area contributed by atoms with Crippen LogP contribution in [0.3, 0.4) is 0 Å². The molecule has 1 atom stereocenters. The van der Waals surface area contributed by atoms with Crippen LogP contribution in [0.1, 0.15) is 35.7 Å². The van der Waals surface area contributed by atoms with Crippen LogP contribution in [-0.4, -0.2) is 49.4 Å². The molecule has 2 aromatic carbocycles. The zero-order chi connectivity index (χ0) is 25.8. The number of allylic oxidation sites excluding steroid dienone is 4. The lowest BCUT2D eigenvalue weighted by atomic mass is 9.99. The van der Waals surface area contributed by atoms with Crippen molar-refractivity contribution in [1.29, 1.82) is 0 Å². The molecule has 4 rings (SSSR count). The van der Waals surface area contributed by atoms with Gasteiger partial charge in [-0.15, -0.1) is 0 Å². The number of amides is 1. The molecule has 7 nitrogen and oxygen atoms in total. The second kappa shape index (κ2) is 10.8. The van der Waals surface area contributed by atoms with E-state index >= 15 is 0 Å². The van der Waals surface area contributed by atoms with Crippen LogP contribution in [0.25, 0.3) is 0 Å². The average molecular weight is 498 g/mol. The Morgan fingerprint density at radius 1 is 1.28 bits per heavy atom. The highest BCUT2D eigenvalue weighted by Crippen LogP contribution is 2.31. The zero-order valence-corrected chi connectivity index (χ0v) is 20.2. The van der Waals surface area contributed by atoms with Gasteiger partial charge in [-0.1, -0.05) is 25.1 Å². The molecule has 36 heavy (non-hydrogen) atoms. The largest absolute Gasteiger partial charge is 0.490 e. The lowest BCUT2D eigenvalue weighted by Gasteiger charge is -2.39. The van der Waals surface area contributed by atoms with Gasteiger partial charge in [0.05, 0.1) is 24.4 Å². The fraction of sp³-hybridized carbons (Fsp3) is 0.333. The van der Waals surface area contributed by atoms with Gasteiger partial charge in [0.2, 0.25) is 0 Å². The van der Waals surface area contributed by atoms with Crippen LogP contribution in [0.4, 0.5) is 14.5 Å². The molecule has 0 aromatic heterocycles. The van der Waals surface area contributed by atoms with Crippen LogP contribution in [0.2, 0.25) is 0 Å². The van der Waals surface area contributed by atoms with Gasteiger partial charge in [-0.05, 0) is 42.7 Å². The predicted molar refractivity (Wildman–Crippen MR) is 132 cm³/mol. The Balaban J connectivity index is 1.30. The molecule has 2 aromatic rings. The van der Waals surface area contributed by atoms with Crippen LogP contribution >= 0.6 is 0 Å². The number of likely N-dealkylation sites (tertiary alicyclic amines) is 1. The Hall–Kier alpha value is -3.88. The van der Waals surface area contributed by atoms with Gasteiger partial charge in [-0.25, -0.2) is 8.78 Å². The number of carbonyl (C=O) groups excluding carboxylic acids is 2. The number of ketones is 1. The number of fused-ring (bicyclic) bond motifs is 1. The Labute approximate surface area is 208 Å². The number of hydrogen-bond donors (Lipinski definition) is 2. The number of rotatable bonds is 7. The van der Waals surface area contributed by atoms with Crippen molar-refractivity contribution in [1.82, 2.24) is 4.90 Å². The van der Waals surface area contributed by atoms with Crippen LogP contribution in [-0.2, 0) is 4.79 Å². The van der Waals surface area contributed by atoms with Crippen molar-refractivity contribution in [2.75, 3.05) is 38.2 Å². The van der Waals surface area contributed by atoms with Crippen LogP contribution in [0.15, 0.2) is 54.3 Å². The number of Topliss-reactive ketones (excluding diaryl/α,β-unsaturated/α-hetero) is 1. The van der Waals surface area contributed by atoms with E-state index in [9.17, 15) is 18.4 Å². The lowest BCUT2D eigenvalue weighted by molar-refractivity contribution is -0.119. The molecule has 0 radical (unpaired) electrons. The normalized spacial score (nSPS) is 17.1. The summed E-state index contributed by atoms with van der Waals surface area (Å²) in [7, 11) is 0. The van der Waals surface area contributed by atoms with Crippen molar-refractivity contribution in [2.24, 2.45) is 11.7 Å². The van der Waals surface area contributed by atoms with Gasteiger partial charge in [-0.3, -0.25) is 9.59 Å². The molecule has 190 valence electrons. The summed E-state index contributed by atoms with van der Waals surface area (Å²) >= 11 is 0. The van der Waals surface area contributed by atoms with Crippen LogP contribution in [0.5, 0.6) is 11.5 Å². The number of benzene rings is 2. The standard InChI is InChI=1S/C27H29F2N3O4/c1-16(4-3-5-17(2)30)19-6-7-25(23(29)8-19)35-14-18-12-32(13-18)27(34)21-9-24-26(10-22(21)28)36-15-20(33)11-31-24/h3-10,16,18,31H,11-15,30H2,1-2H3/b4-3-,17-5-. The van der Waals surface area contributed by atoms with Gasteiger partial charge >= 0.3 is 0 Å². The maximum Gasteiger partial charge on any atom is 0.256 e. The van der Waals surface area contributed by atoms with Gasteiger partial charge in [0, 0.05) is 30.8 Å². The molecule has 9 heteroatoms.